The highest BCUT2D eigenvalue weighted by atomic mass is 16.5. The van der Waals surface area contributed by atoms with Crippen LogP contribution in [0.3, 0.4) is 0 Å². The van der Waals surface area contributed by atoms with Gasteiger partial charge in [-0.15, -0.1) is 0 Å². The molecule has 4 rings (SSSR count). The van der Waals surface area contributed by atoms with Gasteiger partial charge >= 0.3 is 0 Å². The molecule has 0 saturated heterocycles. The van der Waals surface area contributed by atoms with Gasteiger partial charge in [0.25, 0.3) is 0 Å². The van der Waals surface area contributed by atoms with Crippen LogP contribution in [0.25, 0.3) is 0 Å². The number of ether oxygens (including phenoxy) is 2. The van der Waals surface area contributed by atoms with Crippen molar-refractivity contribution in [1.82, 2.24) is 10.1 Å². The van der Waals surface area contributed by atoms with Crippen molar-refractivity contribution in [2.45, 2.75) is 57.4 Å². The lowest BCUT2D eigenvalue weighted by molar-refractivity contribution is -0.133. The van der Waals surface area contributed by atoms with Crippen LogP contribution in [-0.4, -0.2) is 36.7 Å². The van der Waals surface area contributed by atoms with Gasteiger partial charge in [0.05, 0.1) is 26.3 Å². The van der Waals surface area contributed by atoms with Crippen LogP contribution in [-0.2, 0) is 23.2 Å². The zero-order chi connectivity index (χ0) is 19.7. The van der Waals surface area contributed by atoms with Gasteiger partial charge in [-0.05, 0) is 43.0 Å². The Labute approximate surface area is 165 Å². The Kier molecular flexibility index (Phi) is 5.04. The van der Waals surface area contributed by atoms with E-state index in [1.165, 1.54) is 24.8 Å². The first-order chi connectivity index (χ1) is 13.5. The Balaban J connectivity index is 1.68. The second-order valence-corrected chi connectivity index (χ2v) is 8.06. The van der Waals surface area contributed by atoms with Crippen molar-refractivity contribution >= 4 is 5.91 Å². The Hall–Kier alpha value is -2.50. The van der Waals surface area contributed by atoms with Gasteiger partial charge in [0.1, 0.15) is 5.76 Å². The number of aryl methyl sites for hydroxylation is 1. The molecule has 1 amide bonds. The number of hydrogen-bond donors (Lipinski definition) is 0. The molecule has 2 aliphatic rings. The molecule has 0 unspecified atom stereocenters. The fourth-order valence-corrected chi connectivity index (χ4v) is 4.86. The summed E-state index contributed by atoms with van der Waals surface area (Å²) >= 11 is 0. The van der Waals surface area contributed by atoms with Crippen molar-refractivity contribution in [2.75, 3.05) is 20.8 Å². The van der Waals surface area contributed by atoms with Crippen molar-refractivity contribution in [3.8, 4) is 11.5 Å². The zero-order valence-electron chi connectivity index (χ0n) is 16.9. The Morgan fingerprint density at radius 1 is 1.14 bits per heavy atom. The highest BCUT2D eigenvalue weighted by Gasteiger charge is 2.42. The average Bonchev–Trinajstić information content (AvgIpc) is 3.12. The summed E-state index contributed by atoms with van der Waals surface area (Å²) < 4.78 is 16.2. The minimum Gasteiger partial charge on any atom is -0.493 e. The third-order valence-corrected chi connectivity index (χ3v) is 6.21. The van der Waals surface area contributed by atoms with Crippen molar-refractivity contribution in [3.05, 3.63) is 40.8 Å². The maximum absolute atomic E-state index is 13.1. The quantitative estimate of drug-likeness (QED) is 0.802. The first-order valence-electron chi connectivity index (χ1n) is 10.00. The number of benzene rings is 1. The van der Waals surface area contributed by atoms with Crippen LogP contribution >= 0.6 is 0 Å². The van der Waals surface area contributed by atoms with E-state index in [0.717, 1.165) is 36.5 Å². The van der Waals surface area contributed by atoms with Crippen LogP contribution in [0.1, 0.15) is 54.7 Å². The van der Waals surface area contributed by atoms with E-state index in [-0.39, 0.29) is 17.7 Å². The maximum Gasteiger partial charge on any atom is 0.229 e. The summed E-state index contributed by atoms with van der Waals surface area (Å²) in [4.78, 5) is 15.1. The molecule has 1 spiro atoms. The van der Waals surface area contributed by atoms with Gasteiger partial charge in [-0.3, -0.25) is 4.79 Å². The van der Waals surface area contributed by atoms with E-state index in [2.05, 4.69) is 11.2 Å². The molecule has 6 nitrogen and oxygen atoms in total. The summed E-state index contributed by atoms with van der Waals surface area (Å²) in [6, 6.07) is 6.02. The van der Waals surface area contributed by atoms with Crippen LogP contribution in [0.5, 0.6) is 11.5 Å². The summed E-state index contributed by atoms with van der Waals surface area (Å²) in [5.74, 6) is 2.31. The first kappa shape index (κ1) is 18.8. The van der Waals surface area contributed by atoms with Crippen LogP contribution < -0.4 is 9.47 Å². The lowest BCUT2D eigenvalue weighted by Gasteiger charge is -2.46. The number of aromatic nitrogens is 1. The van der Waals surface area contributed by atoms with Crippen molar-refractivity contribution in [2.24, 2.45) is 0 Å². The van der Waals surface area contributed by atoms with E-state index < -0.39 is 0 Å². The summed E-state index contributed by atoms with van der Waals surface area (Å²) in [5.41, 5.74) is 3.18. The number of hydrogen-bond acceptors (Lipinski definition) is 5. The van der Waals surface area contributed by atoms with Gasteiger partial charge in [0.15, 0.2) is 11.5 Å². The molecule has 6 heteroatoms. The van der Waals surface area contributed by atoms with Gasteiger partial charge in [0, 0.05) is 24.6 Å². The second-order valence-electron chi connectivity index (χ2n) is 8.06. The Bertz CT molecular complexity index is 867. The number of fused-ring (bicyclic) bond motifs is 2. The minimum atomic E-state index is 0.000780. The molecular weight excluding hydrogens is 356 g/mol. The lowest BCUT2D eigenvalue weighted by Crippen LogP contribution is -2.49. The summed E-state index contributed by atoms with van der Waals surface area (Å²) in [7, 11) is 3.33. The van der Waals surface area contributed by atoms with E-state index in [4.69, 9.17) is 14.0 Å². The summed E-state index contributed by atoms with van der Waals surface area (Å²) in [5, 5.41) is 3.99. The van der Waals surface area contributed by atoms with Gasteiger partial charge < -0.3 is 18.9 Å². The highest BCUT2D eigenvalue weighted by molar-refractivity contribution is 5.79. The van der Waals surface area contributed by atoms with Gasteiger partial charge in [-0.2, -0.15) is 0 Å². The molecule has 1 aliphatic heterocycles. The number of rotatable bonds is 4. The molecule has 0 atom stereocenters. The van der Waals surface area contributed by atoms with E-state index in [1.807, 2.05) is 24.0 Å². The van der Waals surface area contributed by atoms with Gasteiger partial charge in [0.2, 0.25) is 5.91 Å². The third kappa shape index (κ3) is 3.36. The van der Waals surface area contributed by atoms with Crippen LogP contribution in [0.15, 0.2) is 22.7 Å². The van der Waals surface area contributed by atoms with E-state index in [1.54, 1.807) is 14.2 Å². The van der Waals surface area contributed by atoms with Crippen LogP contribution in [0.4, 0.5) is 0 Å². The third-order valence-electron chi connectivity index (χ3n) is 6.21. The van der Waals surface area contributed by atoms with E-state index >= 15 is 0 Å². The number of methoxy groups -OCH3 is 2. The number of carbonyl (C=O) groups is 1. The van der Waals surface area contributed by atoms with E-state index in [0.29, 0.717) is 18.0 Å². The van der Waals surface area contributed by atoms with Crippen molar-refractivity contribution in [1.29, 1.82) is 0 Å². The molecular formula is C22H28N2O4. The predicted octanol–water partition coefficient (Wildman–Crippen LogP) is 3.79. The zero-order valence-corrected chi connectivity index (χ0v) is 16.9. The molecule has 2 heterocycles. The molecule has 1 fully saturated rings. The molecule has 2 aromatic rings. The molecule has 1 saturated carbocycles. The number of carbonyl (C=O) groups excluding carboxylic acids is 1. The van der Waals surface area contributed by atoms with Gasteiger partial charge in [-0.25, -0.2) is 0 Å². The molecule has 0 bridgehead atoms. The largest absolute Gasteiger partial charge is 0.493 e. The molecule has 0 radical (unpaired) electrons. The average molecular weight is 384 g/mol. The molecule has 1 aromatic heterocycles. The number of nitrogens with zero attached hydrogens (tertiary/aromatic N) is 2. The first-order valence-corrected chi connectivity index (χ1v) is 10.00. The molecule has 28 heavy (non-hydrogen) atoms. The summed E-state index contributed by atoms with van der Waals surface area (Å²) in [6.45, 7) is 3.19. The molecule has 1 aromatic carbocycles. The maximum atomic E-state index is 13.1. The monoisotopic (exact) mass is 384 g/mol. The standard InChI is InChI=1S/C22H28N2O4/c1-15-9-17(23-28-15)11-21(25)24-13-16-10-19(26-2)20(27-3)12-18(16)22(14-24)7-5-4-6-8-22/h9-10,12H,4-8,11,13-14H2,1-3H3. The second kappa shape index (κ2) is 7.49. The molecule has 150 valence electrons. The van der Waals surface area contributed by atoms with Crippen LogP contribution in [0, 0.1) is 6.92 Å². The Morgan fingerprint density at radius 3 is 2.50 bits per heavy atom. The SMILES string of the molecule is COc1cc2c(cc1OC)C1(CCCCC1)CN(C(=O)Cc1cc(C)on1)C2. The van der Waals surface area contributed by atoms with E-state index in [9.17, 15) is 4.79 Å². The Morgan fingerprint density at radius 2 is 1.86 bits per heavy atom. The predicted molar refractivity (Wildman–Crippen MR) is 105 cm³/mol. The van der Waals surface area contributed by atoms with Gasteiger partial charge in [-0.1, -0.05) is 24.4 Å². The van der Waals surface area contributed by atoms with Crippen molar-refractivity contribution in [3.63, 3.8) is 0 Å². The van der Waals surface area contributed by atoms with Crippen LogP contribution in [0.2, 0.25) is 0 Å². The fourth-order valence-electron chi connectivity index (χ4n) is 4.86. The number of amides is 1. The normalized spacial score (nSPS) is 18.0. The summed E-state index contributed by atoms with van der Waals surface area (Å²) in [6.07, 6.45) is 6.12. The molecule has 0 N–H and O–H groups in total. The lowest BCUT2D eigenvalue weighted by atomic mass is 9.66. The van der Waals surface area contributed by atoms with Crippen molar-refractivity contribution < 1.29 is 18.8 Å². The molecule has 1 aliphatic carbocycles. The smallest absolute Gasteiger partial charge is 0.229 e. The highest BCUT2D eigenvalue weighted by Crippen LogP contribution is 2.47. The topological polar surface area (TPSA) is 64.8 Å². The minimum absolute atomic E-state index is 0.000780. The fraction of sp³-hybridized carbons (Fsp3) is 0.545.